The van der Waals surface area contributed by atoms with Gasteiger partial charge >= 0.3 is 0 Å². The first-order valence-corrected chi connectivity index (χ1v) is 8.81. The van der Waals surface area contributed by atoms with E-state index in [1.54, 1.807) is 0 Å². The first kappa shape index (κ1) is 19.7. The summed E-state index contributed by atoms with van der Waals surface area (Å²) in [5.74, 6) is -0.959. The highest BCUT2D eigenvalue weighted by Crippen LogP contribution is 2.09. The third-order valence-electron chi connectivity index (χ3n) is 4.20. The molecule has 3 N–H and O–H groups in total. The highest BCUT2D eigenvalue weighted by Gasteiger charge is 2.27. The second kappa shape index (κ2) is 9.73. The fraction of sp³-hybridized carbons (Fsp3) is 0.333. The summed E-state index contributed by atoms with van der Waals surface area (Å²) in [4.78, 5) is 24.8. The molecule has 5 heteroatoms. The molecule has 2 amide bonds. The first-order chi connectivity index (χ1) is 12.5. The van der Waals surface area contributed by atoms with Crippen LogP contribution in [0.3, 0.4) is 0 Å². The molecule has 0 spiro atoms. The lowest BCUT2D eigenvalue weighted by Crippen LogP contribution is -2.53. The van der Waals surface area contributed by atoms with Crippen LogP contribution >= 0.6 is 0 Å². The zero-order valence-corrected chi connectivity index (χ0v) is 15.2. The van der Waals surface area contributed by atoms with Gasteiger partial charge < -0.3 is 15.7 Å². The smallest absolute Gasteiger partial charge is 0.245 e. The predicted octanol–water partition coefficient (Wildman–Crippen LogP) is 2.05. The maximum Gasteiger partial charge on any atom is 0.245 e. The summed E-state index contributed by atoms with van der Waals surface area (Å²) in [6, 6.07) is 18.2. The standard InChI is InChI=1S/C21H26N2O3/c1-15(13-17-9-5-3-6-10-17)20(25)23-19(16(2)24)21(26)22-14-18-11-7-4-8-12-18/h3-12,15-16,19,24H,13-14H2,1-2H3,(H,22,26)(H,23,25)/t15-,16+,19-/m0/s1. The Morgan fingerprint density at radius 3 is 1.96 bits per heavy atom. The Kier molecular flexibility index (Phi) is 7.36. The average molecular weight is 354 g/mol. The molecule has 2 aromatic carbocycles. The molecular weight excluding hydrogens is 328 g/mol. The second-order valence-corrected chi connectivity index (χ2v) is 6.52. The van der Waals surface area contributed by atoms with Crippen molar-refractivity contribution in [1.82, 2.24) is 10.6 Å². The van der Waals surface area contributed by atoms with E-state index in [0.717, 1.165) is 11.1 Å². The van der Waals surface area contributed by atoms with Gasteiger partial charge in [0.15, 0.2) is 0 Å². The lowest BCUT2D eigenvalue weighted by molar-refractivity contribution is -0.133. The normalized spacial score (nSPS) is 14.1. The summed E-state index contributed by atoms with van der Waals surface area (Å²) in [6.45, 7) is 3.65. The van der Waals surface area contributed by atoms with Crippen LogP contribution in [0.25, 0.3) is 0 Å². The minimum Gasteiger partial charge on any atom is -0.391 e. The number of aliphatic hydroxyl groups excluding tert-OH is 1. The van der Waals surface area contributed by atoms with Gasteiger partial charge in [0, 0.05) is 12.5 Å². The molecule has 2 rings (SSSR count). The zero-order valence-electron chi connectivity index (χ0n) is 15.2. The van der Waals surface area contributed by atoms with Crippen molar-refractivity contribution in [2.45, 2.75) is 39.0 Å². The van der Waals surface area contributed by atoms with E-state index in [2.05, 4.69) is 10.6 Å². The van der Waals surface area contributed by atoms with E-state index in [0.29, 0.717) is 13.0 Å². The Hall–Kier alpha value is -2.66. The molecule has 26 heavy (non-hydrogen) atoms. The number of hydrogen-bond donors (Lipinski definition) is 3. The maximum atomic E-state index is 12.4. The number of benzene rings is 2. The van der Waals surface area contributed by atoms with Crippen LogP contribution in [0.15, 0.2) is 60.7 Å². The summed E-state index contributed by atoms with van der Waals surface area (Å²) >= 11 is 0. The van der Waals surface area contributed by atoms with Crippen molar-refractivity contribution >= 4 is 11.8 Å². The Balaban J connectivity index is 1.91. The van der Waals surface area contributed by atoms with Gasteiger partial charge in [0.05, 0.1) is 6.10 Å². The van der Waals surface area contributed by atoms with Crippen molar-refractivity contribution in [3.8, 4) is 0 Å². The van der Waals surface area contributed by atoms with Gasteiger partial charge in [-0.2, -0.15) is 0 Å². The van der Waals surface area contributed by atoms with E-state index in [4.69, 9.17) is 0 Å². The number of amides is 2. The second-order valence-electron chi connectivity index (χ2n) is 6.52. The van der Waals surface area contributed by atoms with Crippen molar-refractivity contribution in [1.29, 1.82) is 0 Å². The van der Waals surface area contributed by atoms with Gasteiger partial charge in [-0.25, -0.2) is 0 Å². The molecule has 138 valence electrons. The van der Waals surface area contributed by atoms with Crippen molar-refractivity contribution in [2.24, 2.45) is 5.92 Å². The van der Waals surface area contributed by atoms with Crippen LogP contribution in [0.4, 0.5) is 0 Å². The van der Waals surface area contributed by atoms with E-state index in [1.807, 2.05) is 67.6 Å². The van der Waals surface area contributed by atoms with Crippen LogP contribution in [0.1, 0.15) is 25.0 Å². The summed E-state index contributed by atoms with van der Waals surface area (Å²) < 4.78 is 0. The van der Waals surface area contributed by atoms with Gasteiger partial charge in [0.25, 0.3) is 0 Å². The summed E-state index contributed by atoms with van der Waals surface area (Å²) in [7, 11) is 0. The van der Waals surface area contributed by atoms with Gasteiger partial charge in [0.1, 0.15) is 6.04 Å². The highest BCUT2D eigenvalue weighted by atomic mass is 16.3. The molecule has 0 aromatic heterocycles. The van der Waals surface area contributed by atoms with Gasteiger partial charge in [0.2, 0.25) is 11.8 Å². The van der Waals surface area contributed by atoms with Crippen LogP contribution in [0, 0.1) is 5.92 Å². The number of rotatable bonds is 8. The first-order valence-electron chi connectivity index (χ1n) is 8.81. The zero-order chi connectivity index (χ0) is 18.9. The molecule has 0 saturated carbocycles. The minimum absolute atomic E-state index is 0.255. The Morgan fingerprint density at radius 1 is 0.885 bits per heavy atom. The molecule has 0 aliphatic heterocycles. The molecule has 2 aromatic rings. The molecular formula is C21H26N2O3. The number of nitrogens with one attached hydrogen (secondary N) is 2. The van der Waals surface area contributed by atoms with Crippen molar-refractivity contribution in [2.75, 3.05) is 0 Å². The highest BCUT2D eigenvalue weighted by molar-refractivity contribution is 5.88. The molecule has 0 aliphatic carbocycles. The third kappa shape index (κ3) is 6.01. The molecule has 0 saturated heterocycles. The average Bonchev–Trinajstić information content (AvgIpc) is 2.65. The van der Waals surface area contributed by atoms with Crippen molar-refractivity contribution in [3.63, 3.8) is 0 Å². The molecule has 0 bridgehead atoms. The predicted molar refractivity (Wildman–Crippen MR) is 101 cm³/mol. The summed E-state index contributed by atoms with van der Waals surface area (Å²) in [5.41, 5.74) is 2.01. The minimum atomic E-state index is -0.987. The quantitative estimate of drug-likeness (QED) is 0.679. The van der Waals surface area contributed by atoms with Crippen LogP contribution in [-0.4, -0.2) is 29.1 Å². The Labute approximate surface area is 154 Å². The Morgan fingerprint density at radius 2 is 1.42 bits per heavy atom. The van der Waals surface area contributed by atoms with Crippen molar-refractivity contribution in [3.05, 3.63) is 71.8 Å². The number of hydrogen-bond acceptors (Lipinski definition) is 3. The van der Waals surface area contributed by atoms with Gasteiger partial charge in [-0.1, -0.05) is 67.6 Å². The Bertz CT molecular complexity index is 702. The fourth-order valence-electron chi connectivity index (χ4n) is 2.66. The van der Waals surface area contributed by atoms with Gasteiger partial charge in [-0.3, -0.25) is 9.59 Å². The number of carbonyl (C=O) groups excluding carboxylic acids is 2. The van der Waals surface area contributed by atoms with E-state index < -0.39 is 18.1 Å². The van der Waals surface area contributed by atoms with E-state index >= 15 is 0 Å². The SMILES string of the molecule is C[C@@H](Cc1ccccc1)C(=O)N[C@H](C(=O)NCc1ccccc1)[C@@H](C)O. The van der Waals surface area contributed by atoms with Crippen LogP contribution < -0.4 is 10.6 Å². The number of carbonyl (C=O) groups is 2. The molecule has 0 radical (unpaired) electrons. The van der Waals surface area contributed by atoms with Crippen LogP contribution in [0.2, 0.25) is 0 Å². The monoisotopic (exact) mass is 354 g/mol. The molecule has 0 heterocycles. The van der Waals surface area contributed by atoms with E-state index in [9.17, 15) is 14.7 Å². The third-order valence-corrected chi connectivity index (χ3v) is 4.20. The lowest BCUT2D eigenvalue weighted by Gasteiger charge is -2.23. The van der Waals surface area contributed by atoms with Crippen LogP contribution in [0.5, 0.6) is 0 Å². The molecule has 0 unspecified atom stereocenters. The largest absolute Gasteiger partial charge is 0.391 e. The molecule has 0 aliphatic rings. The fourth-order valence-corrected chi connectivity index (χ4v) is 2.66. The molecule has 5 nitrogen and oxygen atoms in total. The maximum absolute atomic E-state index is 12.4. The summed E-state index contributed by atoms with van der Waals surface area (Å²) in [6.07, 6.45) is -0.413. The van der Waals surface area contributed by atoms with E-state index in [1.165, 1.54) is 6.92 Å². The lowest BCUT2D eigenvalue weighted by atomic mass is 9.99. The van der Waals surface area contributed by atoms with Gasteiger partial charge in [-0.15, -0.1) is 0 Å². The van der Waals surface area contributed by atoms with Crippen molar-refractivity contribution < 1.29 is 14.7 Å². The number of aliphatic hydroxyl groups is 1. The molecule has 3 atom stereocenters. The summed E-state index contributed by atoms with van der Waals surface area (Å²) in [5, 5.41) is 15.4. The van der Waals surface area contributed by atoms with Crippen LogP contribution in [-0.2, 0) is 22.6 Å². The molecule has 0 fully saturated rings. The van der Waals surface area contributed by atoms with Gasteiger partial charge in [-0.05, 0) is 24.5 Å². The topological polar surface area (TPSA) is 78.4 Å². The van der Waals surface area contributed by atoms with E-state index in [-0.39, 0.29) is 11.8 Å².